The van der Waals surface area contributed by atoms with E-state index in [-0.39, 0.29) is 11.6 Å². The van der Waals surface area contributed by atoms with Gasteiger partial charge in [-0.1, -0.05) is 12.1 Å². The van der Waals surface area contributed by atoms with Crippen LogP contribution in [-0.2, 0) is 0 Å². The summed E-state index contributed by atoms with van der Waals surface area (Å²) < 4.78 is 93.3. The highest BCUT2D eigenvalue weighted by atomic mass is 19.4. The molecule has 0 saturated heterocycles. The average molecular weight is 339 g/mol. The molecule has 0 aromatic heterocycles. The zero-order valence-electron chi connectivity index (χ0n) is 11.1. The van der Waals surface area contributed by atoms with Crippen molar-refractivity contribution >= 4 is 0 Å². The van der Waals surface area contributed by atoms with E-state index in [9.17, 15) is 30.7 Å². The van der Waals surface area contributed by atoms with Crippen LogP contribution < -0.4 is 10.5 Å². The molecule has 0 unspecified atom stereocenters. The van der Waals surface area contributed by atoms with Gasteiger partial charge in [-0.05, 0) is 17.7 Å². The molecule has 2 aromatic carbocycles. The molecular formula is C14H8F7NO. The van der Waals surface area contributed by atoms with E-state index in [0.717, 1.165) is 24.3 Å². The van der Waals surface area contributed by atoms with E-state index >= 15 is 0 Å². The van der Waals surface area contributed by atoms with E-state index in [4.69, 9.17) is 5.73 Å². The Balaban J connectivity index is 2.37. The minimum Gasteiger partial charge on any atom is -0.406 e. The smallest absolute Gasteiger partial charge is 0.406 e. The van der Waals surface area contributed by atoms with Gasteiger partial charge in [0.15, 0.2) is 23.3 Å². The van der Waals surface area contributed by atoms with Crippen LogP contribution >= 0.6 is 0 Å². The maximum atomic E-state index is 13.6. The highest BCUT2D eigenvalue weighted by Gasteiger charge is 2.31. The number of alkyl halides is 3. The van der Waals surface area contributed by atoms with Crippen LogP contribution in [0.1, 0.15) is 17.2 Å². The minimum atomic E-state index is -4.91. The first-order valence-corrected chi connectivity index (χ1v) is 6.04. The van der Waals surface area contributed by atoms with Crippen molar-refractivity contribution in [2.24, 2.45) is 5.73 Å². The molecule has 0 saturated carbocycles. The molecule has 0 heterocycles. The molecule has 2 N–H and O–H groups in total. The van der Waals surface area contributed by atoms with Crippen LogP contribution in [0.4, 0.5) is 30.7 Å². The summed E-state index contributed by atoms with van der Waals surface area (Å²) in [6.45, 7) is 0. The van der Waals surface area contributed by atoms with Gasteiger partial charge in [0.2, 0.25) is 0 Å². The third-order valence-corrected chi connectivity index (χ3v) is 2.93. The molecule has 23 heavy (non-hydrogen) atoms. The van der Waals surface area contributed by atoms with Crippen molar-refractivity contribution in [3.05, 3.63) is 64.7 Å². The Morgan fingerprint density at radius 3 is 1.78 bits per heavy atom. The molecule has 0 bridgehead atoms. The third-order valence-electron chi connectivity index (χ3n) is 2.93. The molecule has 0 amide bonds. The maximum Gasteiger partial charge on any atom is 0.573 e. The number of hydrogen-bond donors (Lipinski definition) is 1. The Labute approximate surface area is 125 Å². The monoisotopic (exact) mass is 339 g/mol. The van der Waals surface area contributed by atoms with E-state index < -0.39 is 47.0 Å². The Morgan fingerprint density at radius 2 is 1.35 bits per heavy atom. The van der Waals surface area contributed by atoms with Crippen molar-refractivity contribution < 1.29 is 35.5 Å². The lowest BCUT2D eigenvalue weighted by molar-refractivity contribution is -0.274. The summed E-state index contributed by atoms with van der Waals surface area (Å²) in [6, 6.07) is 2.10. The summed E-state index contributed by atoms with van der Waals surface area (Å²) in [7, 11) is 0. The van der Waals surface area contributed by atoms with Crippen LogP contribution in [-0.4, -0.2) is 6.36 Å². The van der Waals surface area contributed by atoms with Crippen molar-refractivity contribution in [2.45, 2.75) is 12.4 Å². The lowest BCUT2D eigenvalue weighted by atomic mass is 9.98. The maximum absolute atomic E-state index is 13.6. The second kappa shape index (κ2) is 6.07. The second-order valence-corrected chi connectivity index (χ2v) is 4.48. The van der Waals surface area contributed by atoms with Crippen molar-refractivity contribution in [1.82, 2.24) is 0 Å². The first-order valence-electron chi connectivity index (χ1n) is 6.04. The Kier molecular flexibility index (Phi) is 4.51. The Morgan fingerprint density at radius 1 is 0.870 bits per heavy atom. The van der Waals surface area contributed by atoms with Crippen molar-refractivity contribution in [1.29, 1.82) is 0 Å². The summed E-state index contributed by atoms with van der Waals surface area (Å²) >= 11 is 0. The molecule has 0 spiro atoms. The fourth-order valence-electron chi connectivity index (χ4n) is 1.91. The molecule has 0 aliphatic rings. The van der Waals surface area contributed by atoms with Crippen LogP contribution in [0.5, 0.6) is 5.75 Å². The zero-order valence-corrected chi connectivity index (χ0v) is 11.1. The molecule has 0 fully saturated rings. The predicted molar refractivity (Wildman–Crippen MR) is 65.4 cm³/mol. The van der Waals surface area contributed by atoms with Gasteiger partial charge in [-0.3, -0.25) is 0 Å². The van der Waals surface area contributed by atoms with Gasteiger partial charge in [0.1, 0.15) is 5.75 Å². The summed E-state index contributed by atoms with van der Waals surface area (Å²) in [4.78, 5) is 0. The molecule has 1 atom stereocenters. The first-order chi connectivity index (χ1) is 10.6. The van der Waals surface area contributed by atoms with Gasteiger partial charge in [0, 0.05) is 6.07 Å². The minimum absolute atomic E-state index is 0.0289. The number of halogens is 7. The molecular weight excluding hydrogens is 331 g/mol. The largest absolute Gasteiger partial charge is 0.573 e. The Bertz CT molecular complexity index is 686. The van der Waals surface area contributed by atoms with Gasteiger partial charge in [-0.15, -0.1) is 13.2 Å². The highest BCUT2D eigenvalue weighted by Crippen LogP contribution is 2.30. The summed E-state index contributed by atoms with van der Waals surface area (Å²) in [5.41, 5.74) is 4.43. The molecule has 0 aliphatic heterocycles. The average Bonchev–Trinajstić information content (AvgIpc) is 2.44. The fraction of sp³-hybridized carbons (Fsp3) is 0.143. The molecule has 124 valence electrons. The van der Waals surface area contributed by atoms with Crippen molar-refractivity contribution in [3.8, 4) is 5.75 Å². The SMILES string of the molecule is N[C@@H](c1ccc(OC(F)(F)F)cc1)c1c(F)c(F)cc(F)c1F. The van der Waals surface area contributed by atoms with E-state index in [2.05, 4.69) is 4.74 Å². The van der Waals surface area contributed by atoms with E-state index in [1.807, 2.05) is 0 Å². The van der Waals surface area contributed by atoms with E-state index in [1.54, 1.807) is 0 Å². The van der Waals surface area contributed by atoms with Gasteiger partial charge < -0.3 is 10.5 Å². The number of nitrogens with two attached hydrogens (primary N) is 1. The lowest BCUT2D eigenvalue weighted by Gasteiger charge is -2.16. The topological polar surface area (TPSA) is 35.2 Å². The second-order valence-electron chi connectivity index (χ2n) is 4.48. The van der Waals surface area contributed by atoms with Gasteiger partial charge >= 0.3 is 6.36 Å². The van der Waals surface area contributed by atoms with E-state index in [0.29, 0.717) is 0 Å². The normalized spacial score (nSPS) is 13.0. The standard InChI is InChI=1S/C14H8F7NO/c15-8-5-9(16)12(18)10(11(8)17)13(22)6-1-3-7(4-2-6)23-14(19,20)21/h1-5,13H,22H2/t13-/m0/s1. The first kappa shape index (κ1) is 17.1. The van der Waals surface area contributed by atoms with Crippen molar-refractivity contribution in [2.75, 3.05) is 0 Å². The summed E-state index contributed by atoms with van der Waals surface area (Å²) in [5, 5.41) is 0. The van der Waals surface area contributed by atoms with Gasteiger partial charge in [0.25, 0.3) is 0 Å². The molecule has 2 nitrogen and oxygen atoms in total. The van der Waals surface area contributed by atoms with Crippen LogP contribution in [0.2, 0.25) is 0 Å². The van der Waals surface area contributed by atoms with Gasteiger partial charge in [0.05, 0.1) is 11.6 Å². The molecule has 9 heteroatoms. The molecule has 0 aliphatic carbocycles. The fourth-order valence-corrected chi connectivity index (χ4v) is 1.91. The molecule has 2 aromatic rings. The summed E-state index contributed by atoms with van der Waals surface area (Å²) in [5.74, 6) is -7.20. The summed E-state index contributed by atoms with van der Waals surface area (Å²) in [6.07, 6.45) is -4.91. The van der Waals surface area contributed by atoms with Crippen molar-refractivity contribution in [3.63, 3.8) is 0 Å². The van der Waals surface area contributed by atoms with E-state index in [1.165, 1.54) is 0 Å². The Hall–Kier alpha value is -2.29. The number of benzene rings is 2. The molecule has 2 rings (SSSR count). The van der Waals surface area contributed by atoms with Crippen LogP contribution in [0.3, 0.4) is 0 Å². The van der Waals surface area contributed by atoms with Crippen LogP contribution in [0.15, 0.2) is 30.3 Å². The van der Waals surface area contributed by atoms with Crippen LogP contribution in [0, 0.1) is 23.3 Å². The highest BCUT2D eigenvalue weighted by molar-refractivity contribution is 5.37. The van der Waals surface area contributed by atoms with Gasteiger partial charge in [-0.2, -0.15) is 0 Å². The number of ether oxygens (including phenoxy) is 1. The number of rotatable bonds is 3. The third kappa shape index (κ3) is 3.73. The quantitative estimate of drug-likeness (QED) is 0.672. The van der Waals surface area contributed by atoms with Crippen LogP contribution in [0.25, 0.3) is 0 Å². The zero-order chi connectivity index (χ0) is 17.4. The molecule has 0 radical (unpaired) electrons. The number of hydrogen-bond acceptors (Lipinski definition) is 2. The van der Waals surface area contributed by atoms with Gasteiger partial charge in [-0.25, -0.2) is 17.6 Å². The lowest BCUT2D eigenvalue weighted by Crippen LogP contribution is -2.19. The predicted octanol–water partition coefficient (Wildman–Crippen LogP) is 4.19.